The highest BCUT2D eigenvalue weighted by atomic mass is 35.5. The minimum Gasteiger partial charge on any atom is -0.327 e. The molecule has 2 N–H and O–H groups in total. The number of fused-ring (bicyclic) bond motifs is 3. The Bertz CT molecular complexity index is 689. The molecule has 2 aliphatic carbocycles. The van der Waals surface area contributed by atoms with Crippen molar-refractivity contribution >= 4 is 22.6 Å². The van der Waals surface area contributed by atoms with Crippen molar-refractivity contribution in [1.29, 1.82) is 0 Å². The van der Waals surface area contributed by atoms with E-state index in [4.69, 9.17) is 22.3 Å². The molecule has 0 amide bonds. The van der Waals surface area contributed by atoms with Gasteiger partial charge in [0, 0.05) is 23.0 Å². The molecule has 1 aromatic carbocycles. The Morgan fingerprint density at radius 2 is 2.05 bits per heavy atom. The normalized spacial score (nSPS) is 31.7. The molecule has 1 aromatic heterocycles. The molecule has 2 aliphatic rings. The van der Waals surface area contributed by atoms with E-state index in [1.54, 1.807) is 0 Å². The average Bonchev–Trinajstić information content (AvgIpc) is 3.09. The van der Waals surface area contributed by atoms with Crippen molar-refractivity contribution in [1.82, 2.24) is 9.55 Å². The minimum atomic E-state index is 0.272. The predicted molar refractivity (Wildman–Crippen MR) is 86.7 cm³/mol. The summed E-state index contributed by atoms with van der Waals surface area (Å²) in [4.78, 5) is 4.94. The fourth-order valence-corrected chi connectivity index (χ4v) is 4.75. The van der Waals surface area contributed by atoms with E-state index in [2.05, 4.69) is 24.5 Å². The molecule has 4 heteroatoms. The topological polar surface area (TPSA) is 43.8 Å². The van der Waals surface area contributed by atoms with E-state index in [0.29, 0.717) is 17.9 Å². The maximum Gasteiger partial charge on any atom is 0.115 e. The van der Waals surface area contributed by atoms with E-state index in [1.165, 1.54) is 30.6 Å². The molecule has 0 saturated heterocycles. The highest BCUT2D eigenvalue weighted by molar-refractivity contribution is 6.31. The second-order valence-electron chi connectivity index (χ2n) is 7.00. The molecule has 2 bridgehead atoms. The molecule has 4 atom stereocenters. The van der Waals surface area contributed by atoms with E-state index in [-0.39, 0.29) is 6.04 Å². The summed E-state index contributed by atoms with van der Waals surface area (Å²) in [6.45, 7) is 4.44. The van der Waals surface area contributed by atoms with E-state index in [1.807, 2.05) is 12.1 Å². The number of hydrogen-bond donors (Lipinski definition) is 1. The molecule has 4 rings (SSSR count). The summed E-state index contributed by atoms with van der Waals surface area (Å²) in [6, 6.07) is 6.67. The Labute approximate surface area is 130 Å². The SMILES string of the molecule is CC(C)n1c(C2C3CCC(C3)C2N)nc2cc(Cl)ccc21. The van der Waals surface area contributed by atoms with E-state index in [0.717, 1.165) is 16.5 Å². The lowest BCUT2D eigenvalue weighted by Crippen LogP contribution is -2.35. The summed E-state index contributed by atoms with van der Waals surface area (Å²) >= 11 is 6.14. The summed E-state index contributed by atoms with van der Waals surface area (Å²) in [5.74, 6) is 3.01. The fraction of sp³-hybridized carbons (Fsp3) is 0.588. The first kappa shape index (κ1) is 13.6. The molecule has 0 spiro atoms. The van der Waals surface area contributed by atoms with Crippen LogP contribution in [0.1, 0.15) is 50.9 Å². The zero-order valence-electron chi connectivity index (χ0n) is 12.6. The van der Waals surface area contributed by atoms with Gasteiger partial charge in [-0.15, -0.1) is 0 Å². The maximum absolute atomic E-state index is 6.54. The first-order valence-corrected chi connectivity index (χ1v) is 8.37. The van der Waals surface area contributed by atoms with Crippen molar-refractivity contribution in [2.45, 2.75) is 51.1 Å². The molecular weight excluding hydrogens is 282 g/mol. The van der Waals surface area contributed by atoms with Gasteiger partial charge in [-0.2, -0.15) is 0 Å². The minimum absolute atomic E-state index is 0.272. The zero-order chi connectivity index (χ0) is 14.7. The number of aromatic nitrogens is 2. The standard InChI is InChI=1S/C17H22ClN3/c1-9(2)21-14-6-5-12(18)8-13(14)20-17(21)15-10-3-4-11(7-10)16(15)19/h5-6,8-11,15-16H,3-4,7,19H2,1-2H3. The number of hydrogen-bond acceptors (Lipinski definition) is 2. The van der Waals surface area contributed by atoms with Crippen LogP contribution in [0.15, 0.2) is 18.2 Å². The van der Waals surface area contributed by atoms with Crippen LogP contribution in [0.3, 0.4) is 0 Å². The second-order valence-corrected chi connectivity index (χ2v) is 7.44. The van der Waals surface area contributed by atoms with Gasteiger partial charge >= 0.3 is 0 Å². The van der Waals surface area contributed by atoms with Gasteiger partial charge in [-0.1, -0.05) is 11.6 Å². The van der Waals surface area contributed by atoms with Gasteiger partial charge in [-0.05, 0) is 63.1 Å². The molecule has 112 valence electrons. The van der Waals surface area contributed by atoms with Crippen molar-refractivity contribution in [2.24, 2.45) is 17.6 Å². The second kappa shape index (κ2) is 4.72. The van der Waals surface area contributed by atoms with Crippen LogP contribution in [-0.2, 0) is 0 Å². The van der Waals surface area contributed by atoms with Gasteiger partial charge in [0.15, 0.2) is 0 Å². The number of halogens is 1. The molecule has 0 radical (unpaired) electrons. The summed E-state index contributed by atoms with van der Waals surface area (Å²) in [5.41, 5.74) is 8.72. The van der Waals surface area contributed by atoms with Gasteiger partial charge in [-0.25, -0.2) is 4.98 Å². The first-order valence-electron chi connectivity index (χ1n) is 7.99. The van der Waals surface area contributed by atoms with Gasteiger partial charge in [0.2, 0.25) is 0 Å². The van der Waals surface area contributed by atoms with Crippen molar-refractivity contribution < 1.29 is 0 Å². The van der Waals surface area contributed by atoms with Gasteiger partial charge in [0.25, 0.3) is 0 Å². The lowest BCUT2D eigenvalue weighted by molar-refractivity contribution is 0.342. The number of imidazole rings is 1. The highest BCUT2D eigenvalue weighted by Gasteiger charge is 2.48. The number of benzene rings is 1. The molecule has 4 unspecified atom stereocenters. The predicted octanol–water partition coefficient (Wildman–Crippen LogP) is 4.11. The van der Waals surface area contributed by atoms with Crippen molar-refractivity contribution in [3.05, 3.63) is 29.0 Å². The monoisotopic (exact) mass is 303 g/mol. The van der Waals surface area contributed by atoms with Gasteiger partial charge in [0.05, 0.1) is 11.0 Å². The van der Waals surface area contributed by atoms with Gasteiger partial charge in [-0.3, -0.25) is 0 Å². The molecule has 2 fully saturated rings. The van der Waals surface area contributed by atoms with Crippen molar-refractivity contribution in [3.63, 3.8) is 0 Å². The number of rotatable bonds is 2. The summed E-state index contributed by atoms with van der Waals surface area (Å²) in [6.07, 6.45) is 3.90. The van der Waals surface area contributed by atoms with Crippen molar-refractivity contribution in [3.8, 4) is 0 Å². The van der Waals surface area contributed by atoms with Crippen LogP contribution in [0.4, 0.5) is 0 Å². The Morgan fingerprint density at radius 3 is 2.71 bits per heavy atom. The van der Waals surface area contributed by atoms with Gasteiger partial charge in [0.1, 0.15) is 5.82 Å². The quantitative estimate of drug-likeness (QED) is 0.907. The lowest BCUT2D eigenvalue weighted by Gasteiger charge is -2.29. The Kier molecular flexibility index (Phi) is 3.05. The third kappa shape index (κ3) is 1.94. The molecule has 21 heavy (non-hydrogen) atoms. The van der Waals surface area contributed by atoms with Crippen LogP contribution in [0.2, 0.25) is 5.02 Å². The molecule has 3 nitrogen and oxygen atoms in total. The van der Waals surface area contributed by atoms with Crippen LogP contribution >= 0.6 is 11.6 Å². The van der Waals surface area contributed by atoms with Crippen LogP contribution in [0.5, 0.6) is 0 Å². The van der Waals surface area contributed by atoms with Crippen LogP contribution in [-0.4, -0.2) is 15.6 Å². The van der Waals surface area contributed by atoms with Crippen LogP contribution in [0, 0.1) is 11.8 Å². The fourth-order valence-electron chi connectivity index (χ4n) is 4.59. The lowest BCUT2D eigenvalue weighted by atomic mass is 9.84. The first-order chi connectivity index (χ1) is 10.1. The Balaban J connectivity index is 1.90. The molecule has 2 aromatic rings. The van der Waals surface area contributed by atoms with Crippen molar-refractivity contribution in [2.75, 3.05) is 0 Å². The van der Waals surface area contributed by atoms with E-state index >= 15 is 0 Å². The largest absolute Gasteiger partial charge is 0.327 e. The molecular formula is C17H22ClN3. The van der Waals surface area contributed by atoms with Crippen LogP contribution in [0.25, 0.3) is 11.0 Å². The molecule has 0 aliphatic heterocycles. The average molecular weight is 304 g/mol. The number of nitrogens with two attached hydrogens (primary N) is 1. The van der Waals surface area contributed by atoms with E-state index in [9.17, 15) is 0 Å². The molecule has 1 heterocycles. The maximum atomic E-state index is 6.54. The summed E-state index contributed by atoms with van der Waals surface area (Å²) in [7, 11) is 0. The number of nitrogens with zero attached hydrogens (tertiary/aromatic N) is 2. The zero-order valence-corrected chi connectivity index (χ0v) is 13.3. The summed E-state index contributed by atoms with van der Waals surface area (Å²) < 4.78 is 2.37. The summed E-state index contributed by atoms with van der Waals surface area (Å²) in [5, 5.41) is 0.750. The van der Waals surface area contributed by atoms with Gasteiger partial charge < -0.3 is 10.3 Å². The molecule has 2 saturated carbocycles. The Morgan fingerprint density at radius 1 is 1.29 bits per heavy atom. The van der Waals surface area contributed by atoms with E-state index < -0.39 is 0 Å². The Hall–Kier alpha value is -1.06. The van der Waals surface area contributed by atoms with Crippen LogP contribution < -0.4 is 5.73 Å². The third-order valence-corrected chi connectivity index (χ3v) is 5.71. The third-order valence-electron chi connectivity index (χ3n) is 5.47. The highest BCUT2D eigenvalue weighted by Crippen LogP contribution is 2.52. The smallest absolute Gasteiger partial charge is 0.115 e.